The molecule has 1 fully saturated rings. The summed E-state index contributed by atoms with van der Waals surface area (Å²) in [6.07, 6.45) is 5.72. The Kier molecular flexibility index (Phi) is 6.90. The topological polar surface area (TPSA) is 111 Å². The Morgan fingerprint density at radius 2 is 1.89 bits per heavy atom. The highest BCUT2D eigenvalue weighted by Crippen LogP contribution is 2.29. The number of aromatic nitrogens is 6. The molecular formula is C25H30N8O2S. The fraction of sp³-hybridized carbons (Fsp3) is 0.440. The Morgan fingerprint density at radius 1 is 1.08 bits per heavy atom. The summed E-state index contributed by atoms with van der Waals surface area (Å²) < 4.78 is 3.64. The largest absolute Gasteiger partial charge is 0.356 e. The Morgan fingerprint density at radius 3 is 2.64 bits per heavy atom. The van der Waals surface area contributed by atoms with Crippen molar-refractivity contribution >= 4 is 45.6 Å². The van der Waals surface area contributed by atoms with Gasteiger partial charge in [0.15, 0.2) is 10.8 Å². The minimum absolute atomic E-state index is 0.112. The Labute approximate surface area is 213 Å². The minimum atomic E-state index is -0.407. The lowest BCUT2D eigenvalue weighted by molar-refractivity contribution is 0.0950. The molecule has 0 aromatic carbocycles. The van der Waals surface area contributed by atoms with E-state index in [0.717, 1.165) is 59.4 Å². The van der Waals surface area contributed by atoms with Gasteiger partial charge in [0.1, 0.15) is 17.0 Å². The number of hydrogen-bond donors (Lipinski definition) is 1. The van der Waals surface area contributed by atoms with Gasteiger partial charge in [0.05, 0.1) is 23.5 Å². The Hall–Kier alpha value is -3.47. The predicted molar refractivity (Wildman–Crippen MR) is 142 cm³/mol. The van der Waals surface area contributed by atoms with Crippen molar-refractivity contribution < 1.29 is 4.79 Å². The summed E-state index contributed by atoms with van der Waals surface area (Å²) in [6.45, 7) is 9.23. The number of hydrogen-bond acceptors (Lipinski definition) is 8. The van der Waals surface area contributed by atoms with E-state index in [-0.39, 0.29) is 11.0 Å². The van der Waals surface area contributed by atoms with Crippen molar-refractivity contribution in [2.24, 2.45) is 0 Å². The fourth-order valence-electron chi connectivity index (χ4n) is 4.58. The molecule has 0 spiro atoms. The molecule has 5 rings (SSSR count). The number of rotatable bonds is 8. The van der Waals surface area contributed by atoms with Crippen LogP contribution in [-0.4, -0.2) is 60.6 Å². The molecule has 36 heavy (non-hydrogen) atoms. The molecule has 1 amide bonds. The number of carbonyl (C=O) groups is 1. The third-order valence-corrected chi connectivity index (χ3v) is 7.12. The van der Waals surface area contributed by atoms with Crippen LogP contribution in [0.15, 0.2) is 34.5 Å². The second kappa shape index (κ2) is 10.3. The lowest BCUT2D eigenvalue weighted by Crippen LogP contribution is -2.32. The SMILES string of the molecule is CCSc1nc(N2CCCC2)c2cnn(CCNC(=O)c3cn(CC)c4nc(C)ccc4c3=O)c2n1. The number of aryl methyl sites for hydroxylation is 2. The van der Waals surface area contributed by atoms with E-state index >= 15 is 0 Å². The molecule has 0 radical (unpaired) electrons. The van der Waals surface area contributed by atoms with Crippen LogP contribution in [0.25, 0.3) is 22.1 Å². The Balaban J connectivity index is 1.37. The first kappa shape index (κ1) is 24.2. The zero-order valence-corrected chi connectivity index (χ0v) is 21.6. The molecular weight excluding hydrogens is 476 g/mol. The monoisotopic (exact) mass is 506 g/mol. The van der Waals surface area contributed by atoms with E-state index in [4.69, 9.17) is 9.97 Å². The average molecular weight is 507 g/mol. The van der Waals surface area contributed by atoms with Crippen molar-refractivity contribution in [3.8, 4) is 0 Å². The smallest absolute Gasteiger partial charge is 0.256 e. The van der Waals surface area contributed by atoms with Gasteiger partial charge < -0.3 is 14.8 Å². The van der Waals surface area contributed by atoms with Crippen LogP contribution in [0, 0.1) is 6.92 Å². The standard InChI is InChI=1S/C25H30N8O2S/c1-4-31-15-19(20(34)17-9-8-16(3)28-21(17)31)24(35)26-10-13-33-23-18(14-27-33)22(32-11-6-7-12-32)29-25(30-23)36-5-2/h8-9,14-15H,4-7,10-13H2,1-3H3,(H,26,35). The summed E-state index contributed by atoms with van der Waals surface area (Å²) in [5.74, 6) is 1.41. The molecule has 1 N–H and O–H groups in total. The summed E-state index contributed by atoms with van der Waals surface area (Å²) in [5, 5.41) is 9.53. The molecule has 10 nitrogen and oxygen atoms in total. The maximum Gasteiger partial charge on any atom is 0.256 e. The molecule has 4 aromatic rings. The Bertz CT molecular complexity index is 1490. The van der Waals surface area contributed by atoms with Crippen LogP contribution in [0.1, 0.15) is 42.7 Å². The van der Waals surface area contributed by atoms with E-state index in [0.29, 0.717) is 30.7 Å². The molecule has 0 atom stereocenters. The minimum Gasteiger partial charge on any atom is -0.356 e. The van der Waals surface area contributed by atoms with Crippen molar-refractivity contribution in [1.82, 2.24) is 34.6 Å². The molecule has 1 aliphatic heterocycles. The first-order chi connectivity index (χ1) is 17.5. The van der Waals surface area contributed by atoms with Gasteiger partial charge in [-0.15, -0.1) is 0 Å². The van der Waals surface area contributed by atoms with E-state index in [1.807, 2.05) is 24.6 Å². The van der Waals surface area contributed by atoms with Crippen LogP contribution in [0.4, 0.5) is 5.82 Å². The maximum absolute atomic E-state index is 13.0. The van der Waals surface area contributed by atoms with Gasteiger partial charge in [0, 0.05) is 38.1 Å². The number of pyridine rings is 2. The fourth-order valence-corrected chi connectivity index (χ4v) is 5.14. The van der Waals surface area contributed by atoms with E-state index < -0.39 is 5.91 Å². The van der Waals surface area contributed by atoms with Crippen LogP contribution >= 0.6 is 11.8 Å². The molecule has 5 heterocycles. The van der Waals surface area contributed by atoms with E-state index in [1.165, 1.54) is 0 Å². The molecule has 1 saturated heterocycles. The summed E-state index contributed by atoms with van der Waals surface area (Å²) in [7, 11) is 0. The number of anilines is 1. The third-order valence-electron chi connectivity index (χ3n) is 6.39. The van der Waals surface area contributed by atoms with Gasteiger partial charge in [0.2, 0.25) is 5.43 Å². The van der Waals surface area contributed by atoms with Crippen molar-refractivity contribution in [3.05, 3.63) is 46.0 Å². The number of thioether (sulfide) groups is 1. The van der Waals surface area contributed by atoms with Gasteiger partial charge in [-0.05, 0) is 44.6 Å². The number of nitrogens with zero attached hydrogens (tertiary/aromatic N) is 7. The van der Waals surface area contributed by atoms with Gasteiger partial charge >= 0.3 is 0 Å². The summed E-state index contributed by atoms with van der Waals surface area (Å²) >= 11 is 1.61. The lowest BCUT2D eigenvalue weighted by Gasteiger charge is -2.17. The van der Waals surface area contributed by atoms with Gasteiger partial charge in [-0.2, -0.15) is 5.10 Å². The zero-order valence-electron chi connectivity index (χ0n) is 20.8. The second-order valence-electron chi connectivity index (χ2n) is 8.80. The van der Waals surface area contributed by atoms with Crippen molar-refractivity contribution in [2.75, 3.05) is 30.3 Å². The van der Waals surface area contributed by atoms with Crippen molar-refractivity contribution in [3.63, 3.8) is 0 Å². The predicted octanol–water partition coefficient (Wildman–Crippen LogP) is 3.01. The quantitative estimate of drug-likeness (QED) is 0.287. The maximum atomic E-state index is 13.0. The van der Waals surface area contributed by atoms with Crippen molar-refractivity contribution in [1.29, 1.82) is 0 Å². The van der Waals surface area contributed by atoms with Crippen LogP contribution in [-0.2, 0) is 13.1 Å². The molecule has 11 heteroatoms. The van der Waals surface area contributed by atoms with Gasteiger partial charge in [-0.25, -0.2) is 19.6 Å². The van der Waals surface area contributed by atoms with Gasteiger partial charge in [-0.3, -0.25) is 9.59 Å². The lowest BCUT2D eigenvalue weighted by atomic mass is 10.1. The molecule has 0 unspecified atom stereocenters. The third kappa shape index (κ3) is 4.55. The van der Waals surface area contributed by atoms with Crippen LogP contribution in [0.5, 0.6) is 0 Å². The van der Waals surface area contributed by atoms with E-state index in [1.54, 1.807) is 34.8 Å². The van der Waals surface area contributed by atoms with Crippen LogP contribution < -0.4 is 15.6 Å². The van der Waals surface area contributed by atoms with E-state index in [2.05, 4.69) is 27.2 Å². The van der Waals surface area contributed by atoms with Gasteiger partial charge in [0.25, 0.3) is 5.91 Å². The summed E-state index contributed by atoms with van der Waals surface area (Å²) in [5.41, 5.74) is 1.98. The average Bonchev–Trinajstić information content (AvgIpc) is 3.55. The number of nitrogens with one attached hydrogen (secondary N) is 1. The zero-order chi connectivity index (χ0) is 25.2. The normalized spacial score (nSPS) is 13.7. The molecule has 0 saturated carbocycles. The second-order valence-corrected chi connectivity index (χ2v) is 10.0. The highest BCUT2D eigenvalue weighted by Gasteiger charge is 2.21. The molecule has 4 aromatic heterocycles. The number of fused-ring (bicyclic) bond motifs is 2. The highest BCUT2D eigenvalue weighted by molar-refractivity contribution is 7.99. The molecule has 188 valence electrons. The molecule has 0 bridgehead atoms. The van der Waals surface area contributed by atoms with Crippen LogP contribution in [0.2, 0.25) is 0 Å². The number of carbonyl (C=O) groups excluding carboxylic acids is 1. The summed E-state index contributed by atoms with van der Waals surface area (Å²) in [4.78, 5) is 42.4. The van der Waals surface area contributed by atoms with Gasteiger partial charge in [-0.1, -0.05) is 18.7 Å². The van der Waals surface area contributed by atoms with Crippen molar-refractivity contribution in [2.45, 2.75) is 51.9 Å². The molecule has 1 aliphatic rings. The number of amides is 1. The summed E-state index contributed by atoms with van der Waals surface area (Å²) in [6, 6.07) is 3.53. The molecule has 0 aliphatic carbocycles. The van der Waals surface area contributed by atoms with E-state index in [9.17, 15) is 9.59 Å². The highest BCUT2D eigenvalue weighted by atomic mass is 32.2. The first-order valence-electron chi connectivity index (χ1n) is 12.4. The first-order valence-corrected chi connectivity index (χ1v) is 13.4. The van der Waals surface area contributed by atoms with Crippen LogP contribution in [0.3, 0.4) is 0 Å².